The molecule has 0 saturated heterocycles. The number of fused-ring (bicyclic) bond motifs is 2. The Balaban J connectivity index is 1.21. The summed E-state index contributed by atoms with van der Waals surface area (Å²) < 4.78 is 6.65. The number of carbonyl (C=O) groups excluding carboxylic acids is 1. The molecule has 0 fully saturated rings. The van der Waals surface area contributed by atoms with E-state index in [1.165, 1.54) is 11.3 Å². The molecule has 3 aromatic carbocycles. The molecule has 0 unspecified atom stereocenters. The van der Waals surface area contributed by atoms with E-state index in [9.17, 15) is 4.79 Å². The summed E-state index contributed by atoms with van der Waals surface area (Å²) in [5.74, 6) is 0.209. The number of oxazole rings is 1. The number of thiophene rings is 1. The Bertz CT molecular complexity index is 1480. The lowest BCUT2D eigenvalue weighted by Crippen LogP contribution is -2.38. The molecule has 0 aliphatic carbocycles. The molecule has 0 atom stereocenters. The zero-order valence-corrected chi connectivity index (χ0v) is 20.0. The largest absolute Gasteiger partial charge is 0.436 e. The average Bonchev–Trinajstić information content (AvgIpc) is 3.39. The Morgan fingerprint density at radius 3 is 2.64 bits per heavy atom. The van der Waals surface area contributed by atoms with E-state index in [0.717, 1.165) is 32.3 Å². The first-order valence-corrected chi connectivity index (χ1v) is 11.9. The average molecular weight is 512 g/mol. The summed E-state index contributed by atoms with van der Waals surface area (Å²) in [5.41, 5.74) is 3.44. The third kappa shape index (κ3) is 4.58. The lowest BCUT2D eigenvalue weighted by Gasteiger charge is -2.09. The number of hydrogen-bond acceptors (Lipinski definition) is 5. The van der Waals surface area contributed by atoms with Crippen molar-refractivity contribution in [3.8, 4) is 11.5 Å². The fourth-order valence-electron chi connectivity index (χ4n) is 3.33. The van der Waals surface area contributed by atoms with E-state index >= 15 is 0 Å². The van der Waals surface area contributed by atoms with Crippen LogP contribution >= 0.6 is 46.8 Å². The molecule has 2 heterocycles. The minimum atomic E-state index is -0.360. The number of carbonyl (C=O) groups is 1. The predicted octanol–water partition coefficient (Wildman–Crippen LogP) is 6.82. The van der Waals surface area contributed by atoms with Gasteiger partial charge in [0.25, 0.3) is 5.91 Å². The van der Waals surface area contributed by atoms with Gasteiger partial charge in [-0.3, -0.25) is 10.1 Å². The van der Waals surface area contributed by atoms with Crippen LogP contribution in [0.2, 0.25) is 10.0 Å². The van der Waals surface area contributed by atoms with Crippen LogP contribution < -0.4 is 10.6 Å². The van der Waals surface area contributed by atoms with Crippen LogP contribution in [0.1, 0.15) is 15.2 Å². The lowest BCUT2D eigenvalue weighted by atomic mass is 10.1. The van der Waals surface area contributed by atoms with Crippen molar-refractivity contribution in [2.75, 3.05) is 0 Å². The summed E-state index contributed by atoms with van der Waals surface area (Å²) in [7, 11) is 0. The first-order chi connectivity index (χ1) is 16.0. The Morgan fingerprint density at radius 1 is 1.06 bits per heavy atom. The monoisotopic (exact) mass is 511 g/mol. The topological polar surface area (TPSA) is 67.2 Å². The second-order valence-electron chi connectivity index (χ2n) is 7.21. The first-order valence-electron chi connectivity index (χ1n) is 9.89. The molecule has 0 radical (unpaired) electrons. The molecule has 0 aliphatic rings. The van der Waals surface area contributed by atoms with Crippen LogP contribution in [-0.2, 0) is 6.54 Å². The maximum atomic E-state index is 12.7. The van der Waals surface area contributed by atoms with Crippen LogP contribution in [0.15, 0.2) is 71.1 Å². The Labute approximate surface area is 208 Å². The molecule has 33 heavy (non-hydrogen) atoms. The van der Waals surface area contributed by atoms with E-state index < -0.39 is 0 Å². The van der Waals surface area contributed by atoms with Gasteiger partial charge in [-0.25, -0.2) is 4.98 Å². The summed E-state index contributed by atoms with van der Waals surface area (Å²) in [6.07, 6.45) is 0. The summed E-state index contributed by atoms with van der Waals surface area (Å²) in [4.78, 5) is 17.6. The summed E-state index contributed by atoms with van der Waals surface area (Å²) in [6.45, 7) is 0.447. The van der Waals surface area contributed by atoms with Crippen molar-refractivity contribution in [2.24, 2.45) is 0 Å². The van der Waals surface area contributed by atoms with Crippen LogP contribution in [0, 0.1) is 0 Å². The fraction of sp³-hybridized carbons (Fsp3) is 0.0417. The molecular weight excluding hydrogens is 497 g/mol. The quantitative estimate of drug-likeness (QED) is 0.259. The zero-order chi connectivity index (χ0) is 22.9. The van der Waals surface area contributed by atoms with Gasteiger partial charge in [0, 0.05) is 27.2 Å². The smallest absolute Gasteiger partial charge is 0.269 e. The van der Waals surface area contributed by atoms with E-state index in [0.29, 0.717) is 27.4 Å². The van der Waals surface area contributed by atoms with Crippen LogP contribution in [0.4, 0.5) is 0 Å². The highest BCUT2D eigenvalue weighted by molar-refractivity contribution is 7.80. The SMILES string of the molecule is O=C(NC(=S)NCc1ccc(-c2nc3ccccc3o2)cc1)c1sc2cc(Cl)ccc2c1Cl. The summed E-state index contributed by atoms with van der Waals surface area (Å²) in [6, 6.07) is 20.7. The third-order valence-corrected chi connectivity index (χ3v) is 7.11. The second-order valence-corrected chi connectivity index (χ2v) is 9.48. The molecule has 5 nitrogen and oxygen atoms in total. The maximum Gasteiger partial charge on any atom is 0.269 e. The van der Waals surface area contributed by atoms with Gasteiger partial charge >= 0.3 is 0 Å². The van der Waals surface area contributed by atoms with Gasteiger partial charge in [0.15, 0.2) is 10.7 Å². The number of amides is 1. The summed E-state index contributed by atoms with van der Waals surface area (Å²) in [5, 5.41) is 7.71. The molecule has 5 aromatic rings. The predicted molar refractivity (Wildman–Crippen MR) is 138 cm³/mol. The van der Waals surface area contributed by atoms with E-state index in [-0.39, 0.29) is 11.0 Å². The minimum Gasteiger partial charge on any atom is -0.436 e. The Morgan fingerprint density at radius 2 is 1.85 bits per heavy atom. The van der Waals surface area contributed by atoms with Crippen LogP contribution in [0.3, 0.4) is 0 Å². The fourth-order valence-corrected chi connectivity index (χ4v) is 5.19. The number of hydrogen-bond donors (Lipinski definition) is 2. The Kier molecular flexibility index (Phi) is 6.03. The molecular formula is C24H15Cl2N3O2S2. The number of para-hydroxylation sites is 2. The standard InChI is InChI=1S/C24H15Cl2N3O2S2/c25-15-9-10-16-19(11-15)33-21(20(16)26)22(30)29-24(32)27-12-13-5-7-14(8-6-13)23-28-17-3-1-2-4-18(17)31-23/h1-11H,12H2,(H2,27,29,30,32). The molecule has 0 saturated carbocycles. The van der Waals surface area contributed by atoms with Gasteiger partial charge in [0.05, 0.1) is 5.02 Å². The molecule has 0 spiro atoms. The molecule has 5 rings (SSSR count). The van der Waals surface area contributed by atoms with Gasteiger partial charge in [-0.2, -0.15) is 0 Å². The number of rotatable bonds is 4. The number of halogens is 2. The highest BCUT2D eigenvalue weighted by Crippen LogP contribution is 2.36. The van der Waals surface area contributed by atoms with E-state index in [4.69, 9.17) is 39.8 Å². The van der Waals surface area contributed by atoms with Gasteiger partial charge in [-0.1, -0.05) is 53.5 Å². The van der Waals surface area contributed by atoms with Crippen molar-refractivity contribution >= 4 is 79.0 Å². The van der Waals surface area contributed by atoms with E-state index in [1.807, 2.05) is 48.5 Å². The zero-order valence-electron chi connectivity index (χ0n) is 16.9. The molecule has 9 heteroatoms. The third-order valence-electron chi connectivity index (χ3n) is 4.97. The number of nitrogens with one attached hydrogen (secondary N) is 2. The summed E-state index contributed by atoms with van der Waals surface area (Å²) >= 11 is 19.0. The van der Waals surface area contributed by atoms with E-state index in [2.05, 4.69) is 15.6 Å². The maximum absolute atomic E-state index is 12.7. The molecule has 1 amide bonds. The van der Waals surface area contributed by atoms with Crippen LogP contribution in [0.25, 0.3) is 32.6 Å². The first kappa shape index (κ1) is 21.9. The highest BCUT2D eigenvalue weighted by Gasteiger charge is 2.18. The molecule has 2 aromatic heterocycles. The van der Waals surface area contributed by atoms with Crippen LogP contribution in [-0.4, -0.2) is 16.0 Å². The lowest BCUT2D eigenvalue weighted by molar-refractivity contribution is 0.0981. The van der Waals surface area contributed by atoms with Crippen molar-refractivity contribution in [3.05, 3.63) is 87.2 Å². The number of thiocarbonyl (C=S) groups is 1. The highest BCUT2D eigenvalue weighted by atomic mass is 35.5. The molecule has 0 bridgehead atoms. The molecule has 0 aliphatic heterocycles. The minimum absolute atomic E-state index is 0.217. The second kappa shape index (κ2) is 9.11. The van der Waals surface area contributed by atoms with Gasteiger partial charge in [-0.05, 0) is 54.2 Å². The van der Waals surface area contributed by atoms with Crippen LogP contribution in [0.5, 0.6) is 0 Å². The van der Waals surface area contributed by atoms with Gasteiger partial charge in [0.2, 0.25) is 5.89 Å². The molecule has 2 N–H and O–H groups in total. The van der Waals surface area contributed by atoms with Gasteiger partial charge < -0.3 is 9.73 Å². The van der Waals surface area contributed by atoms with Gasteiger partial charge in [-0.15, -0.1) is 11.3 Å². The normalized spacial score (nSPS) is 11.1. The van der Waals surface area contributed by atoms with Crippen molar-refractivity contribution in [3.63, 3.8) is 0 Å². The van der Waals surface area contributed by atoms with E-state index in [1.54, 1.807) is 18.2 Å². The number of aromatic nitrogens is 1. The molecule has 164 valence electrons. The van der Waals surface area contributed by atoms with Crippen molar-refractivity contribution in [1.82, 2.24) is 15.6 Å². The van der Waals surface area contributed by atoms with Gasteiger partial charge in [0.1, 0.15) is 10.4 Å². The van der Waals surface area contributed by atoms with Crippen molar-refractivity contribution in [2.45, 2.75) is 6.54 Å². The van der Waals surface area contributed by atoms with Crippen molar-refractivity contribution < 1.29 is 9.21 Å². The van der Waals surface area contributed by atoms with Crippen molar-refractivity contribution in [1.29, 1.82) is 0 Å². The Hall–Kier alpha value is -2.97. The number of nitrogens with zero attached hydrogens (tertiary/aromatic N) is 1. The number of benzene rings is 3.